The van der Waals surface area contributed by atoms with Crippen molar-refractivity contribution in [3.63, 3.8) is 0 Å². The Labute approximate surface area is 59.0 Å². The van der Waals surface area contributed by atoms with Crippen molar-refractivity contribution < 1.29 is 14.6 Å². The summed E-state index contributed by atoms with van der Waals surface area (Å²) in [4.78, 5) is 0. The van der Waals surface area contributed by atoms with E-state index in [0.717, 1.165) is 0 Å². The molecule has 2 nitrogen and oxygen atoms in total. The summed E-state index contributed by atoms with van der Waals surface area (Å²) >= 11 is 0. The van der Waals surface area contributed by atoms with Gasteiger partial charge in [-0.3, -0.25) is 0 Å². The first-order valence-electron chi connectivity index (χ1n) is 3.27. The third-order valence-electron chi connectivity index (χ3n) is 1.96. The van der Waals surface area contributed by atoms with Gasteiger partial charge in [0.25, 0.3) is 0 Å². The van der Waals surface area contributed by atoms with E-state index in [0.29, 0.717) is 5.57 Å². The van der Waals surface area contributed by atoms with E-state index in [2.05, 4.69) is 6.58 Å². The smallest absolute Gasteiger partial charge is 0.130 e. The molecule has 0 radical (unpaired) electrons. The van der Waals surface area contributed by atoms with Crippen LogP contribution in [0.15, 0.2) is 12.2 Å². The lowest BCUT2D eigenvalue weighted by Crippen LogP contribution is -2.24. The molecule has 3 atom stereocenters. The summed E-state index contributed by atoms with van der Waals surface area (Å²) in [7, 11) is 0. The van der Waals surface area contributed by atoms with Crippen LogP contribution in [-0.2, 0) is 0 Å². The average Bonchev–Trinajstić information content (AvgIpc) is 2.09. The molecule has 0 heterocycles. The highest BCUT2D eigenvalue weighted by Crippen LogP contribution is 2.31. The lowest BCUT2D eigenvalue weighted by atomic mass is 10.0. The minimum atomic E-state index is -1.23. The maximum absolute atomic E-state index is 12.6. The Hall–Kier alpha value is -0.410. The van der Waals surface area contributed by atoms with Crippen molar-refractivity contribution in [2.45, 2.75) is 18.7 Å². The van der Waals surface area contributed by atoms with E-state index in [1.54, 1.807) is 0 Å². The zero-order chi connectivity index (χ0) is 7.72. The Kier molecular flexibility index (Phi) is 2.06. The predicted octanol–water partition coefficient (Wildman–Crippen LogP) is 0.254. The summed E-state index contributed by atoms with van der Waals surface area (Å²) in [6.45, 7) is 3.34. The molecule has 0 bridgehead atoms. The molecule has 10 heavy (non-hydrogen) atoms. The second-order valence-corrected chi connectivity index (χ2v) is 2.66. The van der Waals surface area contributed by atoms with E-state index in [1.165, 1.54) is 0 Å². The number of alkyl halides is 1. The quantitative estimate of drug-likeness (QED) is 0.521. The molecule has 58 valence electrons. The van der Waals surface area contributed by atoms with Gasteiger partial charge in [0.2, 0.25) is 0 Å². The van der Waals surface area contributed by atoms with Gasteiger partial charge >= 0.3 is 0 Å². The molecule has 0 aromatic carbocycles. The van der Waals surface area contributed by atoms with E-state index >= 15 is 0 Å². The van der Waals surface area contributed by atoms with Gasteiger partial charge < -0.3 is 10.2 Å². The molecule has 0 amide bonds. The van der Waals surface area contributed by atoms with Gasteiger partial charge in [-0.15, -0.1) is 0 Å². The molecule has 1 aliphatic rings. The fourth-order valence-corrected chi connectivity index (χ4v) is 1.25. The number of aliphatic hydroxyl groups is 2. The van der Waals surface area contributed by atoms with E-state index in [1.807, 2.05) is 0 Å². The van der Waals surface area contributed by atoms with Crippen LogP contribution in [0.1, 0.15) is 6.42 Å². The molecule has 1 fully saturated rings. The van der Waals surface area contributed by atoms with Crippen LogP contribution in [0.5, 0.6) is 0 Å². The van der Waals surface area contributed by atoms with E-state index in [9.17, 15) is 4.39 Å². The van der Waals surface area contributed by atoms with Crippen molar-refractivity contribution in [3.8, 4) is 0 Å². The van der Waals surface area contributed by atoms with Crippen LogP contribution in [0.4, 0.5) is 4.39 Å². The zero-order valence-corrected chi connectivity index (χ0v) is 5.63. The SMILES string of the molecule is C=C1CC(F)C(O)C1CO. The Morgan fingerprint density at radius 1 is 1.70 bits per heavy atom. The van der Waals surface area contributed by atoms with Crippen LogP contribution < -0.4 is 0 Å². The number of halogens is 1. The summed E-state index contributed by atoms with van der Waals surface area (Å²) in [5, 5.41) is 17.7. The van der Waals surface area contributed by atoms with Crippen LogP contribution in [0.25, 0.3) is 0 Å². The number of rotatable bonds is 1. The Bertz CT molecular complexity index is 147. The van der Waals surface area contributed by atoms with Crippen molar-refractivity contribution in [2.75, 3.05) is 6.61 Å². The fraction of sp³-hybridized carbons (Fsp3) is 0.714. The molecular weight excluding hydrogens is 135 g/mol. The zero-order valence-electron chi connectivity index (χ0n) is 5.63. The molecule has 1 rings (SSSR count). The minimum absolute atomic E-state index is 0.187. The molecule has 0 saturated heterocycles. The summed E-state index contributed by atoms with van der Waals surface area (Å²) in [5.41, 5.74) is 0.613. The first-order valence-corrected chi connectivity index (χ1v) is 3.27. The van der Waals surface area contributed by atoms with Gasteiger partial charge in [-0.2, -0.15) is 0 Å². The topological polar surface area (TPSA) is 40.5 Å². The van der Waals surface area contributed by atoms with Crippen molar-refractivity contribution in [1.29, 1.82) is 0 Å². The van der Waals surface area contributed by atoms with Gasteiger partial charge in [0.1, 0.15) is 6.17 Å². The van der Waals surface area contributed by atoms with Crippen LogP contribution in [0, 0.1) is 5.92 Å². The van der Waals surface area contributed by atoms with Crippen molar-refractivity contribution >= 4 is 0 Å². The van der Waals surface area contributed by atoms with E-state index in [-0.39, 0.29) is 13.0 Å². The first kappa shape index (κ1) is 7.69. The molecule has 0 aromatic heterocycles. The van der Waals surface area contributed by atoms with Crippen molar-refractivity contribution in [3.05, 3.63) is 12.2 Å². The van der Waals surface area contributed by atoms with E-state index < -0.39 is 18.2 Å². The van der Waals surface area contributed by atoms with Gasteiger partial charge in [0.05, 0.1) is 12.7 Å². The molecule has 2 N–H and O–H groups in total. The highest BCUT2D eigenvalue weighted by molar-refractivity contribution is 5.13. The van der Waals surface area contributed by atoms with Crippen LogP contribution in [0.3, 0.4) is 0 Å². The Morgan fingerprint density at radius 2 is 2.30 bits per heavy atom. The molecule has 1 aliphatic carbocycles. The minimum Gasteiger partial charge on any atom is -0.396 e. The monoisotopic (exact) mass is 146 g/mol. The second-order valence-electron chi connectivity index (χ2n) is 2.66. The maximum Gasteiger partial charge on any atom is 0.130 e. The maximum atomic E-state index is 12.6. The van der Waals surface area contributed by atoms with Gasteiger partial charge in [0.15, 0.2) is 0 Å². The lowest BCUT2D eigenvalue weighted by molar-refractivity contribution is 0.0508. The molecule has 3 heteroatoms. The summed E-state index contributed by atoms with van der Waals surface area (Å²) < 4.78 is 12.6. The molecule has 0 aromatic rings. The average molecular weight is 146 g/mol. The van der Waals surface area contributed by atoms with Crippen molar-refractivity contribution in [1.82, 2.24) is 0 Å². The van der Waals surface area contributed by atoms with Gasteiger partial charge in [0, 0.05) is 12.3 Å². The molecular formula is C7H11FO2. The van der Waals surface area contributed by atoms with Crippen molar-refractivity contribution in [2.24, 2.45) is 5.92 Å². The van der Waals surface area contributed by atoms with Crippen LogP contribution in [0.2, 0.25) is 0 Å². The standard InChI is InChI=1S/C7H11FO2/c1-4-2-6(8)7(10)5(4)3-9/h5-7,9-10H,1-3H2. The first-order chi connectivity index (χ1) is 4.66. The molecule has 1 saturated carbocycles. The third-order valence-corrected chi connectivity index (χ3v) is 1.96. The van der Waals surface area contributed by atoms with Crippen LogP contribution in [-0.4, -0.2) is 29.1 Å². The predicted molar refractivity (Wildman–Crippen MR) is 35.2 cm³/mol. The summed E-state index contributed by atoms with van der Waals surface area (Å²) in [5.74, 6) is -0.449. The normalized spacial score (nSPS) is 40.7. The van der Waals surface area contributed by atoms with Gasteiger partial charge in [-0.1, -0.05) is 12.2 Å². The number of hydrogen-bond donors (Lipinski definition) is 2. The van der Waals surface area contributed by atoms with E-state index in [4.69, 9.17) is 10.2 Å². The Morgan fingerprint density at radius 3 is 2.50 bits per heavy atom. The fourth-order valence-electron chi connectivity index (χ4n) is 1.25. The summed E-state index contributed by atoms with van der Waals surface area (Å²) in [6, 6.07) is 0. The van der Waals surface area contributed by atoms with Crippen LogP contribution >= 0.6 is 0 Å². The van der Waals surface area contributed by atoms with Gasteiger partial charge in [-0.25, -0.2) is 4.39 Å². The number of hydrogen-bond acceptors (Lipinski definition) is 2. The molecule has 0 aliphatic heterocycles. The molecule has 3 unspecified atom stereocenters. The third kappa shape index (κ3) is 1.07. The largest absolute Gasteiger partial charge is 0.396 e. The second kappa shape index (κ2) is 2.68. The van der Waals surface area contributed by atoms with Gasteiger partial charge in [-0.05, 0) is 0 Å². The highest BCUT2D eigenvalue weighted by atomic mass is 19.1. The highest BCUT2D eigenvalue weighted by Gasteiger charge is 2.36. The number of aliphatic hydroxyl groups excluding tert-OH is 2. The summed E-state index contributed by atoms with van der Waals surface area (Å²) in [6.07, 6.45) is -2.09. The Balaban J connectivity index is 2.64. The lowest BCUT2D eigenvalue weighted by Gasteiger charge is -2.11. The molecule has 0 spiro atoms.